The van der Waals surface area contributed by atoms with Crippen LogP contribution in [0.3, 0.4) is 0 Å². The van der Waals surface area contributed by atoms with Crippen molar-refractivity contribution in [3.05, 3.63) is 35.4 Å². The Morgan fingerprint density at radius 3 is 2.36 bits per heavy atom. The Labute approximate surface area is 87.3 Å². The van der Waals surface area contributed by atoms with Gasteiger partial charge in [0, 0.05) is 0 Å². The first-order valence-corrected chi connectivity index (χ1v) is 5.45. The largest absolute Gasteiger partial charge is 0.0613 e. The molecule has 0 heterocycles. The lowest BCUT2D eigenvalue weighted by atomic mass is 9.63. The highest BCUT2D eigenvalue weighted by atomic mass is 14.4. The summed E-state index contributed by atoms with van der Waals surface area (Å²) >= 11 is 0. The van der Waals surface area contributed by atoms with Gasteiger partial charge in [0.2, 0.25) is 0 Å². The summed E-state index contributed by atoms with van der Waals surface area (Å²) < 4.78 is 0. The van der Waals surface area contributed by atoms with Crippen LogP contribution < -0.4 is 0 Å². The minimum absolute atomic E-state index is 0.312. The lowest BCUT2D eigenvalue weighted by Gasteiger charge is -2.41. The third-order valence-electron chi connectivity index (χ3n) is 3.64. The summed E-state index contributed by atoms with van der Waals surface area (Å²) in [7, 11) is 0. The fraction of sp³-hybridized carbons (Fsp3) is 0.571. The van der Waals surface area contributed by atoms with E-state index in [1.807, 2.05) is 6.07 Å². The van der Waals surface area contributed by atoms with Crippen LogP contribution in [0.4, 0.5) is 0 Å². The topological polar surface area (TPSA) is 0 Å². The molecule has 0 aromatic heterocycles. The molecule has 0 aliphatic heterocycles. The van der Waals surface area contributed by atoms with E-state index in [0.717, 1.165) is 0 Å². The molecule has 1 aliphatic rings. The van der Waals surface area contributed by atoms with Crippen LogP contribution in [-0.2, 0) is 10.8 Å². The smallest absolute Gasteiger partial charge is 0.00941 e. The standard InChI is InChI=1S/C14H19/c1-13(2)9-10-14(3,4)12-8-6-5-7-11(12)13/h5-7H,9-10H2,1-4H3. The Hall–Kier alpha value is -0.780. The van der Waals surface area contributed by atoms with E-state index in [0.29, 0.717) is 10.8 Å². The summed E-state index contributed by atoms with van der Waals surface area (Å²) in [5.41, 5.74) is 3.57. The Morgan fingerprint density at radius 1 is 1.07 bits per heavy atom. The van der Waals surface area contributed by atoms with Crippen molar-refractivity contribution in [2.45, 2.75) is 51.4 Å². The highest BCUT2D eigenvalue weighted by Crippen LogP contribution is 2.45. The third kappa shape index (κ3) is 1.37. The molecule has 75 valence electrons. The molecule has 1 aromatic carbocycles. The molecule has 0 fully saturated rings. The molecule has 0 saturated heterocycles. The molecule has 1 radical (unpaired) electrons. The first-order chi connectivity index (χ1) is 6.43. The molecule has 0 bridgehead atoms. The number of rotatable bonds is 0. The summed E-state index contributed by atoms with van der Waals surface area (Å²) in [6.07, 6.45) is 2.55. The van der Waals surface area contributed by atoms with Crippen LogP contribution in [0.5, 0.6) is 0 Å². The monoisotopic (exact) mass is 187 g/mol. The van der Waals surface area contributed by atoms with Crippen LogP contribution in [-0.4, -0.2) is 0 Å². The molecule has 1 aliphatic carbocycles. The highest BCUT2D eigenvalue weighted by molar-refractivity contribution is 5.39. The van der Waals surface area contributed by atoms with Crippen molar-refractivity contribution in [2.75, 3.05) is 0 Å². The second kappa shape index (κ2) is 2.85. The van der Waals surface area contributed by atoms with E-state index < -0.39 is 0 Å². The van der Waals surface area contributed by atoms with Gasteiger partial charge < -0.3 is 0 Å². The van der Waals surface area contributed by atoms with E-state index in [1.54, 1.807) is 0 Å². The zero-order valence-corrected chi connectivity index (χ0v) is 9.65. The Balaban J connectivity index is 2.61. The maximum atomic E-state index is 3.43. The Bertz CT molecular complexity index is 310. The SMILES string of the molecule is CC1(C)CCC(C)(C)c2ccc[c]c21. The van der Waals surface area contributed by atoms with Crippen molar-refractivity contribution in [3.63, 3.8) is 0 Å². The molecule has 0 atom stereocenters. The second-order valence-corrected chi connectivity index (χ2v) is 5.73. The zero-order valence-electron chi connectivity index (χ0n) is 9.65. The van der Waals surface area contributed by atoms with Gasteiger partial charge in [-0.25, -0.2) is 0 Å². The van der Waals surface area contributed by atoms with Gasteiger partial charge in [-0.1, -0.05) is 45.9 Å². The third-order valence-corrected chi connectivity index (χ3v) is 3.64. The van der Waals surface area contributed by atoms with Crippen LogP contribution in [0.1, 0.15) is 51.7 Å². The van der Waals surface area contributed by atoms with E-state index >= 15 is 0 Å². The van der Waals surface area contributed by atoms with E-state index in [2.05, 4.69) is 45.9 Å². The summed E-state index contributed by atoms with van der Waals surface area (Å²) in [4.78, 5) is 0. The van der Waals surface area contributed by atoms with Gasteiger partial charge in [0.15, 0.2) is 0 Å². The highest BCUT2D eigenvalue weighted by Gasteiger charge is 2.36. The molecule has 1 aromatic rings. The minimum atomic E-state index is 0.312. The maximum Gasteiger partial charge on any atom is -0.00941 e. The lowest BCUT2D eigenvalue weighted by molar-refractivity contribution is 0.331. The van der Waals surface area contributed by atoms with Crippen LogP contribution >= 0.6 is 0 Å². The predicted molar refractivity (Wildman–Crippen MR) is 60.6 cm³/mol. The van der Waals surface area contributed by atoms with E-state index in [9.17, 15) is 0 Å². The van der Waals surface area contributed by atoms with Gasteiger partial charge in [-0.3, -0.25) is 0 Å². The number of hydrogen-bond donors (Lipinski definition) is 0. The van der Waals surface area contributed by atoms with Crippen molar-refractivity contribution in [3.8, 4) is 0 Å². The van der Waals surface area contributed by atoms with E-state index in [4.69, 9.17) is 0 Å². The van der Waals surface area contributed by atoms with E-state index in [-0.39, 0.29) is 0 Å². The second-order valence-electron chi connectivity index (χ2n) is 5.73. The molecule has 0 saturated carbocycles. The quantitative estimate of drug-likeness (QED) is 0.579. The van der Waals surface area contributed by atoms with Gasteiger partial charge in [0.25, 0.3) is 0 Å². The minimum Gasteiger partial charge on any atom is -0.0613 e. The molecule has 14 heavy (non-hydrogen) atoms. The summed E-state index contributed by atoms with van der Waals surface area (Å²) in [5.74, 6) is 0. The lowest BCUT2D eigenvalue weighted by Crippen LogP contribution is -2.33. The summed E-state index contributed by atoms with van der Waals surface area (Å²) in [6, 6.07) is 9.86. The van der Waals surface area contributed by atoms with Crippen molar-refractivity contribution >= 4 is 0 Å². The van der Waals surface area contributed by atoms with Gasteiger partial charge in [0.1, 0.15) is 0 Å². The number of hydrogen-bond acceptors (Lipinski definition) is 0. The van der Waals surface area contributed by atoms with Gasteiger partial charge >= 0.3 is 0 Å². The van der Waals surface area contributed by atoms with Gasteiger partial charge in [-0.2, -0.15) is 0 Å². The van der Waals surface area contributed by atoms with Crippen LogP contribution in [0.15, 0.2) is 18.2 Å². The Morgan fingerprint density at radius 2 is 1.71 bits per heavy atom. The molecule has 0 heteroatoms. The molecule has 0 spiro atoms. The predicted octanol–water partition coefficient (Wildman–Crippen LogP) is 3.84. The molecule has 0 nitrogen and oxygen atoms in total. The average molecular weight is 187 g/mol. The summed E-state index contributed by atoms with van der Waals surface area (Å²) in [5, 5.41) is 0. The van der Waals surface area contributed by atoms with Crippen LogP contribution in [0.2, 0.25) is 0 Å². The average Bonchev–Trinajstić information content (AvgIpc) is 2.14. The van der Waals surface area contributed by atoms with Crippen molar-refractivity contribution < 1.29 is 0 Å². The van der Waals surface area contributed by atoms with Crippen LogP contribution in [0, 0.1) is 6.07 Å². The molecular weight excluding hydrogens is 168 g/mol. The number of benzene rings is 1. The van der Waals surface area contributed by atoms with Gasteiger partial charge in [-0.05, 0) is 40.9 Å². The van der Waals surface area contributed by atoms with Gasteiger partial charge in [0.05, 0.1) is 0 Å². The number of fused-ring (bicyclic) bond motifs is 1. The summed E-state index contributed by atoms with van der Waals surface area (Å²) in [6.45, 7) is 9.35. The fourth-order valence-electron chi connectivity index (χ4n) is 2.45. The molecule has 0 N–H and O–H groups in total. The molecule has 0 amide bonds. The van der Waals surface area contributed by atoms with Crippen LogP contribution in [0.25, 0.3) is 0 Å². The van der Waals surface area contributed by atoms with E-state index in [1.165, 1.54) is 24.0 Å². The molecule has 0 unspecified atom stereocenters. The molecular formula is C14H19. The normalized spacial score (nSPS) is 22.9. The van der Waals surface area contributed by atoms with Crippen molar-refractivity contribution in [2.24, 2.45) is 0 Å². The molecule has 2 rings (SSSR count). The fourth-order valence-corrected chi connectivity index (χ4v) is 2.45. The van der Waals surface area contributed by atoms with Crippen molar-refractivity contribution in [1.82, 2.24) is 0 Å². The van der Waals surface area contributed by atoms with Gasteiger partial charge in [-0.15, -0.1) is 0 Å². The first-order valence-electron chi connectivity index (χ1n) is 5.45. The zero-order chi connectivity index (χ0) is 10.4. The van der Waals surface area contributed by atoms with Crippen molar-refractivity contribution in [1.29, 1.82) is 0 Å². The Kier molecular flexibility index (Phi) is 1.99. The first kappa shape index (κ1) is 9.76. The maximum absolute atomic E-state index is 3.43.